The number of H-pyrrole nitrogens is 1. The summed E-state index contributed by atoms with van der Waals surface area (Å²) >= 11 is 3.52. The molecule has 1 N–H and O–H groups in total. The third-order valence-electron chi connectivity index (χ3n) is 3.68. The molecule has 0 saturated heterocycles. The van der Waals surface area contributed by atoms with Gasteiger partial charge in [-0.25, -0.2) is 4.98 Å². The van der Waals surface area contributed by atoms with Crippen LogP contribution in [0.15, 0.2) is 40.9 Å². The molecule has 1 heterocycles. The minimum Gasteiger partial charge on any atom is -0.493 e. The number of benzene rings is 2. The predicted molar refractivity (Wildman–Crippen MR) is 106 cm³/mol. The van der Waals surface area contributed by atoms with Gasteiger partial charge in [-0.05, 0) is 65.7 Å². The zero-order valence-electron chi connectivity index (χ0n) is 14.7. The third-order valence-corrected chi connectivity index (χ3v) is 4.27. The van der Waals surface area contributed by atoms with E-state index in [9.17, 15) is 5.26 Å². The Labute approximate surface area is 160 Å². The monoisotopic (exact) mass is 411 g/mol. The van der Waals surface area contributed by atoms with Crippen molar-refractivity contribution in [1.29, 1.82) is 5.26 Å². The van der Waals surface area contributed by atoms with Gasteiger partial charge in [0, 0.05) is 0 Å². The van der Waals surface area contributed by atoms with E-state index in [-0.39, 0.29) is 6.10 Å². The Morgan fingerprint density at radius 1 is 1.31 bits per heavy atom. The fourth-order valence-corrected chi connectivity index (χ4v) is 3.13. The van der Waals surface area contributed by atoms with Crippen molar-refractivity contribution in [1.82, 2.24) is 9.97 Å². The summed E-state index contributed by atoms with van der Waals surface area (Å²) in [6.07, 6.45) is 1.79. The normalized spacial score (nSPS) is 11.6. The number of fused-ring (bicyclic) bond motifs is 1. The van der Waals surface area contributed by atoms with Gasteiger partial charge in [0.1, 0.15) is 11.9 Å². The summed E-state index contributed by atoms with van der Waals surface area (Å²) in [7, 11) is 1.59. The van der Waals surface area contributed by atoms with Crippen LogP contribution in [-0.2, 0) is 0 Å². The van der Waals surface area contributed by atoms with Crippen molar-refractivity contribution in [3.05, 3.63) is 52.3 Å². The number of halogens is 1. The highest BCUT2D eigenvalue weighted by molar-refractivity contribution is 9.10. The lowest BCUT2D eigenvalue weighted by atomic mass is 10.1. The van der Waals surface area contributed by atoms with Gasteiger partial charge in [0.15, 0.2) is 11.5 Å². The molecular formula is C20H18BrN3O2. The van der Waals surface area contributed by atoms with Crippen molar-refractivity contribution in [2.75, 3.05) is 7.11 Å². The Balaban J connectivity index is 2.04. The second-order valence-corrected chi connectivity index (χ2v) is 6.83. The van der Waals surface area contributed by atoms with E-state index in [1.165, 1.54) is 0 Å². The Bertz CT molecular complexity index is 983. The van der Waals surface area contributed by atoms with Crippen LogP contribution in [0.2, 0.25) is 0 Å². The topological polar surface area (TPSA) is 70.9 Å². The maximum atomic E-state index is 9.59. The van der Waals surface area contributed by atoms with E-state index in [0.717, 1.165) is 21.1 Å². The second kappa shape index (κ2) is 7.63. The van der Waals surface area contributed by atoms with E-state index in [1.54, 1.807) is 13.2 Å². The van der Waals surface area contributed by atoms with Gasteiger partial charge in [-0.2, -0.15) is 5.26 Å². The molecule has 3 rings (SSSR count). The Morgan fingerprint density at radius 3 is 2.73 bits per heavy atom. The van der Waals surface area contributed by atoms with Gasteiger partial charge in [-0.15, -0.1) is 0 Å². The first-order valence-corrected chi connectivity index (χ1v) is 8.92. The predicted octanol–water partition coefficient (Wildman–Crippen LogP) is 5.19. The fraction of sp³-hybridized carbons (Fsp3) is 0.200. The van der Waals surface area contributed by atoms with Crippen LogP contribution in [0.1, 0.15) is 25.2 Å². The van der Waals surface area contributed by atoms with E-state index in [1.807, 2.05) is 50.2 Å². The lowest BCUT2D eigenvalue weighted by Gasteiger charge is -2.16. The average Bonchev–Trinajstić information content (AvgIpc) is 3.05. The van der Waals surface area contributed by atoms with Crippen LogP contribution in [-0.4, -0.2) is 23.2 Å². The van der Waals surface area contributed by atoms with E-state index in [4.69, 9.17) is 9.47 Å². The molecule has 6 heteroatoms. The number of para-hydroxylation sites is 2. The quantitative estimate of drug-likeness (QED) is 0.586. The lowest BCUT2D eigenvalue weighted by Crippen LogP contribution is -2.07. The zero-order chi connectivity index (χ0) is 18.7. The molecule has 1 aromatic heterocycles. The average molecular weight is 412 g/mol. The number of ether oxygens (including phenoxy) is 2. The molecule has 0 aliphatic heterocycles. The van der Waals surface area contributed by atoms with Gasteiger partial charge in [0.2, 0.25) is 0 Å². The molecule has 0 fully saturated rings. The number of aromatic amines is 1. The number of methoxy groups -OCH3 is 1. The molecule has 132 valence electrons. The second-order valence-electron chi connectivity index (χ2n) is 5.97. The molecule has 2 aromatic carbocycles. The first-order valence-electron chi connectivity index (χ1n) is 8.13. The van der Waals surface area contributed by atoms with E-state index < -0.39 is 0 Å². The molecule has 0 atom stereocenters. The van der Waals surface area contributed by atoms with E-state index in [2.05, 4.69) is 32.0 Å². The molecule has 0 amide bonds. The number of nitrogens with zero attached hydrogens (tertiary/aromatic N) is 2. The van der Waals surface area contributed by atoms with Crippen LogP contribution in [0.25, 0.3) is 22.7 Å². The molecule has 0 radical (unpaired) electrons. The number of imidazole rings is 1. The summed E-state index contributed by atoms with van der Waals surface area (Å²) in [5.74, 6) is 1.77. The maximum absolute atomic E-state index is 9.59. The zero-order valence-corrected chi connectivity index (χ0v) is 16.3. The molecule has 0 aliphatic carbocycles. The van der Waals surface area contributed by atoms with Crippen LogP contribution in [0, 0.1) is 11.3 Å². The van der Waals surface area contributed by atoms with Gasteiger partial charge in [-0.1, -0.05) is 12.1 Å². The molecule has 0 bridgehead atoms. The highest BCUT2D eigenvalue weighted by Gasteiger charge is 2.14. The summed E-state index contributed by atoms with van der Waals surface area (Å²) in [4.78, 5) is 7.67. The van der Waals surface area contributed by atoms with Crippen LogP contribution in [0.3, 0.4) is 0 Å². The van der Waals surface area contributed by atoms with Crippen molar-refractivity contribution in [2.45, 2.75) is 20.0 Å². The van der Waals surface area contributed by atoms with Crippen LogP contribution in [0.4, 0.5) is 0 Å². The van der Waals surface area contributed by atoms with E-state index >= 15 is 0 Å². The van der Waals surface area contributed by atoms with Crippen molar-refractivity contribution < 1.29 is 9.47 Å². The number of rotatable bonds is 5. The lowest BCUT2D eigenvalue weighted by molar-refractivity contribution is 0.228. The summed E-state index contributed by atoms with van der Waals surface area (Å²) in [6.45, 7) is 3.91. The first kappa shape index (κ1) is 18.0. The Kier molecular flexibility index (Phi) is 5.29. The highest BCUT2D eigenvalue weighted by Crippen LogP contribution is 2.38. The minimum absolute atomic E-state index is 0.0202. The Morgan fingerprint density at radius 2 is 2.08 bits per heavy atom. The molecule has 0 saturated carbocycles. The molecule has 0 spiro atoms. The van der Waals surface area contributed by atoms with Crippen LogP contribution >= 0.6 is 15.9 Å². The minimum atomic E-state index is 0.0202. The number of nitriles is 1. The van der Waals surface area contributed by atoms with Crippen LogP contribution < -0.4 is 9.47 Å². The van der Waals surface area contributed by atoms with Gasteiger partial charge >= 0.3 is 0 Å². The fourth-order valence-electron chi connectivity index (χ4n) is 2.57. The molecule has 26 heavy (non-hydrogen) atoms. The van der Waals surface area contributed by atoms with Gasteiger partial charge in [0.25, 0.3) is 0 Å². The van der Waals surface area contributed by atoms with Crippen molar-refractivity contribution >= 4 is 38.6 Å². The SMILES string of the molecule is COc1cc(C=C(C#N)c2nc3ccccc3[nH]2)cc(Br)c1OC(C)C. The highest BCUT2D eigenvalue weighted by atomic mass is 79.9. The van der Waals surface area contributed by atoms with Gasteiger partial charge in [-0.3, -0.25) is 0 Å². The molecular weight excluding hydrogens is 394 g/mol. The summed E-state index contributed by atoms with van der Waals surface area (Å²) < 4.78 is 12.0. The van der Waals surface area contributed by atoms with Crippen molar-refractivity contribution in [3.63, 3.8) is 0 Å². The number of allylic oxidation sites excluding steroid dienone is 1. The van der Waals surface area contributed by atoms with Gasteiger partial charge in [0.05, 0.1) is 34.3 Å². The largest absolute Gasteiger partial charge is 0.493 e. The molecule has 5 nitrogen and oxygen atoms in total. The smallest absolute Gasteiger partial charge is 0.175 e. The van der Waals surface area contributed by atoms with Crippen molar-refractivity contribution in [3.8, 4) is 17.6 Å². The third kappa shape index (κ3) is 3.73. The standard InChI is InChI=1S/C20H18BrN3O2/c1-12(2)26-19-15(21)9-13(10-18(19)25-3)8-14(11-22)20-23-16-6-4-5-7-17(16)24-20/h4-10,12H,1-3H3,(H,23,24). The van der Waals surface area contributed by atoms with E-state index in [0.29, 0.717) is 22.9 Å². The summed E-state index contributed by atoms with van der Waals surface area (Å²) in [5.41, 5.74) is 2.96. The number of hydrogen-bond acceptors (Lipinski definition) is 4. The molecule has 0 aliphatic rings. The summed E-state index contributed by atoms with van der Waals surface area (Å²) in [5, 5.41) is 9.59. The van der Waals surface area contributed by atoms with Crippen molar-refractivity contribution in [2.24, 2.45) is 0 Å². The number of aromatic nitrogens is 2. The van der Waals surface area contributed by atoms with Gasteiger partial charge < -0.3 is 14.5 Å². The Hall–Kier alpha value is -2.78. The number of nitrogens with one attached hydrogen (secondary N) is 1. The maximum Gasteiger partial charge on any atom is 0.175 e. The molecule has 0 unspecified atom stereocenters. The van der Waals surface area contributed by atoms with Crippen LogP contribution in [0.5, 0.6) is 11.5 Å². The number of hydrogen-bond donors (Lipinski definition) is 1. The molecule has 3 aromatic rings. The summed E-state index contributed by atoms with van der Waals surface area (Å²) in [6, 6.07) is 13.6. The first-order chi connectivity index (χ1) is 12.5.